The van der Waals surface area contributed by atoms with Gasteiger partial charge in [-0.1, -0.05) is 6.92 Å². The Hall–Kier alpha value is -1.34. The normalized spacial score (nSPS) is 9.67. The minimum absolute atomic E-state index is 0.0223. The molecule has 1 rings (SSSR count). The van der Waals surface area contributed by atoms with Gasteiger partial charge in [0.2, 0.25) is 0 Å². The molecule has 0 saturated heterocycles. The Morgan fingerprint density at radius 1 is 1.60 bits per heavy atom. The van der Waals surface area contributed by atoms with Gasteiger partial charge in [0.15, 0.2) is 0 Å². The Bertz CT molecular complexity index is 378. The molecule has 4 heteroatoms. The molecule has 1 aromatic rings. The van der Waals surface area contributed by atoms with Gasteiger partial charge in [-0.25, -0.2) is 0 Å². The molecular weight excluding hydrogens is 208 g/mol. The first-order valence-corrected chi connectivity index (χ1v) is 5.85. The van der Waals surface area contributed by atoms with E-state index in [0.29, 0.717) is 6.54 Å². The summed E-state index contributed by atoms with van der Waals surface area (Å²) in [5, 5.41) is 10.5. The standard InChI is InChI=1S/C11H14N2OS/c1-3-9-5-8-15-10(9)11(14)13(4-2)7-6-12/h5,8H,3-4,7H2,1-2H3. The molecule has 0 N–H and O–H groups in total. The number of aryl methyl sites for hydroxylation is 1. The zero-order valence-electron chi connectivity index (χ0n) is 8.99. The minimum Gasteiger partial charge on any atom is -0.325 e. The van der Waals surface area contributed by atoms with Crippen molar-refractivity contribution < 1.29 is 4.79 Å². The van der Waals surface area contributed by atoms with E-state index in [2.05, 4.69) is 0 Å². The van der Waals surface area contributed by atoms with Crippen molar-refractivity contribution >= 4 is 17.2 Å². The van der Waals surface area contributed by atoms with Crippen LogP contribution in [0.5, 0.6) is 0 Å². The third kappa shape index (κ3) is 2.57. The summed E-state index contributed by atoms with van der Waals surface area (Å²) in [6, 6.07) is 3.98. The number of amides is 1. The van der Waals surface area contributed by atoms with Gasteiger partial charge in [0.25, 0.3) is 5.91 Å². The molecular formula is C11H14N2OS. The highest BCUT2D eigenvalue weighted by Gasteiger charge is 2.17. The zero-order valence-corrected chi connectivity index (χ0v) is 9.80. The Balaban J connectivity index is 2.88. The number of thiophene rings is 1. The van der Waals surface area contributed by atoms with E-state index in [9.17, 15) is 4.79 Å². The Morgan fingerprint density at radius 3 is 2.87 bits per heavy atom. The van der Waals surface area contributed by atoms with Crippen LogP contribution < -0.4 is 0 Å². The summed E-state index contributed by atoms with van der Waals surface area (Å²) in [7, 11) is 0. The largest absolute Gasteiger partial charge is 0.325 e. The molecule has 15 heavy (non-hydrogen) atoms. The third-order valence-electron chi connectivity index (χ3n) is 2.25. The number of carbonyl (C=O) groups is 1. The fraction of sp³-hybridized carbons (Fsp3) is 0.455. The molecule has 0 aliphatic rings. The molecule has 1 amide bonds. The number of hydrogen-bond acceptors (Lipinski definition) is 3. The van der Waals surface area contributed by atoms with Gasteiger partial charge in [-0.2, -0.15) is 5.26 Å². The summed E-state index contributed by atoms with van der Waals surface area (Å²) in [5.41, 5.74) is 1.07. The van der Waals surface area contributed by atoms with E-state index in [1.807, 2.05) is 31.4 Å². The first kappa shape index (κ1) is 11.7. The predicted octanol–water partition coefficient (Wildman–Crippen LogP) is 2.30. The van der Waals surface area contributed by atoms with Crippen LogP contribution in [0.15, 0.2) is 11.4 Å². The molecule has 0 unspecified atom stereocenters. The molecule has 0 radical (unpaired) electrons. The van der Waals surface area contributed by atoms with Crippen LogP contribution in [0.3, 0.4) is 0 Å². The van der Waals surface area contributed by atoms with E-state index in [4.69, 9.17) is 5.26 Å². The second-order valence-corrected chi connectivity index (χ2v) is 4.02. The predicted molar refractivity (Wildman–Crippen MR) is 60.9 cm³/mol. The van der Waals surface area contributed by atoms with Crippen molar-refractivity contribution in [3.63, 3.8) is 0 Å². The van der Waals surface area contributed by atoms with E-state index in [1.165, 1.54) is 11.3 Å². The SMILES string of the molecule is CCc1ccsc1C(=O)N(CC)CC#N. The Kier molecular flexibility index (Phi) is 4.32. The van der Waals surface area contributed by atoms with Crippen molar-refractivity contribution in [2.75, 3.05) is 13.1 Å². The van der Waals surface area contributed by atoms with Gasteiger partial charge in [0.05, 0.1) is 10.9 Å². The van der Waals surface area contributed by atoms with E-state index in [1.54, 1.807) is 4.90 Å². The second kappa shape index (κ2) is 5.52. The molecule has 1 aromatic heterocycles. The molecule has 0 aromatic carbocycles. The van der Waals surface area contributed by atoms with Crippen LogP contribution in [0.1, 0.15) is 29.1 Å². The summed E-state index contributed by atoms with van der Waals surface area (Å²) in [6.45, 7) is 4.65. The van der Waals surface area contributed by atoms with Gasteiger partial charge < -0.3 is 4.90 Å². The van der Waals surface area contributed by atoms with Crippen molar-refractivity contribution in [1.29, 1.82) is 5.26 Å². The highest BCUT2D eigenvalue weighted by atomic mass is 32.1. The average Bonchev–Trinajstić information content (AvgIpc) is 2.72. The molecule has 0 aliphatic heterocycles. The summed E-state index contributed by atoms with van der Waals surface area (Å²) in [5.74, 6) is -0.0223. The minimum atomic E-state index is -0.0223. The number of hydrogen-bond donors (Lipinski definition) is 0. The van der Waals surface area contributed by atoms with Crippen molar-refractivity contribution in [3.05, 3.63) is 21.9 Å². The first-order chi connectivity index (χ1) is 7.24. The maximum atomic E-state index is 12.0. The van der Waals surface area contributed by atoms with Gasteiger partial charge in [0, 0.05) is 6.54 Å². The lowest BCUT2D eigenvalue weighted by Gasteiger charge is -2.16. The molecule has 0 spiro atoms. The molecule has 0 atom stereocenters. The van der Waals surface area contributed by atoms with Gasteiger partial charge in [-0.3, -0.25) is 4.79 Å². The summed E-state index contributed by atoms with van der Waals surface area (Å²) in [4.78, 5) is 14.3. The fourth-order valence-corrected chi connectivity index (χ4v) is 2.32. The van der Waals surface area contributed by atoms with E-state index in [0.717, 1.165) is 16.9 Å². The van der Waals surface area contributed by atoms with Crippen molar-refractivity contribution in [2.24, 2.45) is 0 Å². The van der Waals surface area contributed by atoms with Crippen LogP contribution in [-0.4, -0.2) is 23.9 Å². The first-order valence-electron chi connectivity index (χ1n) is 4.97. The summed E-state index contributed by atoms with van der Waals surface area (Å²) >= 11 is 1.45. The van der Waals surface area contributed by atoms with Gasteiger partial charge in [-0.15, -0.1) is 11.3 Å². The Morgan fingerprint density at radius 2 is 2.33 bits per heavy atom. The molecule has 0 bridgehead atoms. The number of nitrogens with zero attached hydrogens (tertiary/aromatic N) is 2. The lowest BCUT2D eigenvalue weighted by atomic mass is 10.2. The molecule has 0 saturated carbocycles. The van der Waals surface area contributed by atoms with Crippen LogP contribution in [0.2, 0.25) is 0 Å². The number of carbonyl (C=O) groups excluding carboxylic acids is 1. The molecule has 1 heterocycles. The molecule has 0 aliphatic carbocycles. The second-order valence-electron chi connectivity index (χ2n) is 3.11. The molecule has 80 valence electrons. The van der Waals surface area contributed by atoms with Crippen LogP contribution in [-0.2, 0) is 6.42 Å². The molecule has 3 nitrogen and oxygen atoms in total. The van der Waals surface area contributed by atoms with Crippen LogP contribution in [0, 0.1) is 11.3 Å². The number of rotatable bonds is 4. The van der Waals surface area contributed by atoms with Crippen molar-refractivity contribution in [3.8, 4) is 6.07 Å². The lowest BCUT2D eigenvalue weighted by molar-refractivity contribution is 0.0788. The summed E-state index contributed by atoms with van der Waals surface area (Å²) in [6.07, 6.45) is 0.856. The van der Waals surface area contributed by atoms with E-state index in [-0.39, 0.29) is 12.5 Å². The average molecular weight is 222 g/mol. The van der Waals surface area contributed by atoms with Gasteiger partial charge in [0.1, 0.15) is 6.54 Å². The van der Waals surface area contributed by atoms with E-state index >= 15 is 0 Å². The third-order valence-corrected chi connectivity index (χ3v) is 3.20. The summed E-state index contributed by atoms with van der Waals surface area (Å²) < 4.78 is 0. The molecule has 0 fully saturated rings. The highest BCUT2D eigenvalue weighted by Crippen LogP contribution is 2.19. The number of nitriles is 1. The topological polar surface area (TPSA) is 44.1 Å². The lowest BCUT2D eigenvalue weighted by Crippen LogP contribution is -2.31. The van der Waals surface area contributed by atoms with Crippen molar-refractivity contribution in [2.45, 2.75) is 20.3 Å². The zero-order chi connectivity index (χ0) is 11.3. The van der Waals surface area contributed by atoms with Gasteiger partial charge in [-0.05, 0) is 30.4 Å². The fourth-order valence-electron chi connectivity index (χ4n) is 1.36. The monoisotopic (exact) mass is 222 g/mol. The van der Waals surface area contributed by atoms with Crippen LogP contribution in [0.25, 0.3) is 0 Å². The highest BCUT2D eigenvalue weighted by molar-refractivity contribution is 7.12. The van der Waals surface area contributed by atoms with Crippen molar-refractivity contribution in [1.82, 2.24) is 4.90 Å². The smallest absolute Gasteiger partial charge is 0.265 e. The van der Waals surface area contributed by atoms with Crippen LogP contribution in [0.4, 0.5) is 0 Å². The van der Waals surface area contributed by atoms with E-state index < -0.39 is 0 Å². The quantitative estimate of drug-likeness (QED) is 0.734. The van der Waals surface area contributed by atoms with Gasteiger partial charge >= 0.3 is 0 Å². The Labute approximate surface area is 93.9 Å². The van der Waals surface area contributed by atoms with Crippen LogP contribution >= 0.6 is 11.3 Å². The maximum absolute atomic E-state index is 12.0. The maximum Gasteiger partial charge on any atom is 0.265 e.